The van der Waals surface area contributed by atoms with Gasteiger partial charge >= 0.3 is 0 Å². The summed E-state index contributed by atoms with van der Waals surface area (Å²) < 4.78 is 0. The number of carbonyl (C=O) groups is 2. The second kappa shape index (κ2) is 7.24. The summed E-state index contributed by atoms with van der Waals surface area (Å²) in [5.74, 6) is -0.281. The molecule has 0 aliphatic rings. The van der Waals surface area contributed by atoms with Crippen LogP contribution in [0, 0.1) is 0 Å². The van der Waals surface area contributed by atoms with Gasteiger partial charge in [0, 0.05) is 13.1 Å². The SMILES string of the molecule is CC(=O)Nc1cccnc1NC(=O)Cc1cccc(Cl)c1Cl. The second-order valence-corrected chi connectivity index (χ2v) is 5.30. The fourth-order valence-corrected chi connectivity index (χ4v) is 2.22. The van der Waals surface area contributed by atoms with Crippen LogP contribution in [-0.4, -0.2) is 16.8 Å². The molecule has 0 saturated heterocycles. The standard InChI is InChI=1S/C15H13Cl2N3O2/c1-9(21)19-12-6-3-7-18-15(12)20-13(22)8-10-4-2-5-11(16)14(10)17/h2-7H,8H2,1H3,(H,19,21)(H,18,20,22). The number of hydrogen-bond donors (Lipinski definition) is 2. The lowest BCUT2D eigenvalue weighted by Crippen LogP contribution is -2.18. The van der Waals surface area contributed by atoms with Crippen LogP contribution in [0.15, 0.2) is 36.5 Å². The van der Waals surface area contributed by atoms with Crippen molar-refractivity contribution in [3.63, 3.8) is 0 Å². The Morgan fingerprint density at radius 3 is 2.64 bits per heavy atom. The van der Waals surface area contributed by atoms with Gasteiger partial charge in [-0.05, 0) is 23.8 Å². The van der Waals surface area contributed by atoms with Crippen molar-refractivity contribution in [3.8, 4) is 0 Å². The van der Waals surface area contributed by atoms with Crippen LogP contribution >= 0.6 is 23.2 Å². The Bertz CT molecular complexity index is 720. The molecule has 114 valence electrons. The zero-order valence-corrected chi connectivity index (χ0v) is 13.2. The number of halogens is 2. The summed E-state index contributed by atoms with van der Waals surface area (Å²) in [6.07, 6.45) is 1.57. The lowest BCUT2D eigenvalue weighted by atomic mass is 10.1. The first-order valence-corrected chi connectivity index (χ1v) is 7.18. The largest absolute Gasteiger partial charge is 0.323 e. The molecule has 1 heterocycles. The molecule has 0 fully saturated rings. The van der Waals surface area contributed by atoms with E-state index >= 15 is 0 Å². The third kappa shape index (κ3) is 4.19. The molecule has 0 aliphatic carbocycles. The first-order valence-electron chi connectivity index (χ1n) is 6.42. The number of rotatable bonds is 4. The van der Waals surface area contributed by atoms with Gasteiger partial charge in [-0.3, -0.25) is 9.59 Å². The monoisotopic (exact) mass is 337 g/mol. The molecule has 0 bridgehead atoms. The van der Waals surface area contributed by atoms with Crippen LogP contribution < -0.4 is 10.6 Å². The van der Waals surface area contributed by atoms with Crippen molar-refractivity contribution in [2.24, 2.45) is 0 Å². The number of pyridine rings is 1. The van der Waals surface area contributed by atoms with E-state index in [1.54, 1.807) is 30.3 Å². The van der Waals surface area contributed by atoms with Gasteiger partial charge < -0.3 is 10.6 Å². The molecule has 0 aliphatic heterocycles. The molecule has 5 nitrogen and oxygen atoms in total. The fraction of sp³-hybridized carbons (Fsp3) is 0.133. The van der Waals surface area contributed by atoms with Crippen molar-refractivity contribution in [1.29, 1.82) is 0 Å². The molecule has 0 radical (unpaired) electrons. The predicted molar refractivity (Wildman–Crippen MR) is 87.3 cm³/mol. The molecule has 0 spiro atoms. The highest BCUT2D eigenvalue weighted by atomic mass is 35.5. The Labute approximate surface area is 137 Å². The summed E-state index contributed by atoms with van der Waals surface area (Å²) in [7, 11) is 0. The van der Waals surface area contributed by atoms with Crippen LogP contribution in [0.4, 0.5) is 11.5 Å². The van der Waals surface area contributed by atoms with Gasteiger partial charge in [-0.15, -0.1) is 0 Å². The van der Waals surface area contributed by atoms with Gasteiger partial charge in [-0.2, -0.15) is 0 Å². The van der Waals surface area contributed by atoms with E-state index < -0.39 is 0 Å². The molecule has 0 atom stereocenters. The fourth-order valence-electron chi connectivity index (χ4n) is 1.83. The maximum atomic E-state index is 12.1. The minimum absolute atomic E-state index is 0.0511. The van der Waals surface area contributed by atoms with Crippen LogP contribution in [0.5, 0.6) is 0 Å². The summed E-state index contributed by atoms with van der Waals surface area (Å²) in [5.41, 5.74) is 1.05. The average molecular weight is 338 g/mol. The van der Waals surface area contributed by atoms with Crippen molar-refractivity contribution in [2.45, 2.75) is 13.3 Å². The van der Waals surface area contributed by atoms with Crippen LogP contribution in [0.3, 0.4) is 0 Å². The lowest BCUT2D eigenvalue weighted by Gasteiger charge is -2.10. The highest BCUT2D eigenvalue weighted by Crippen LogP contribution is 2.26. The molecule has 2 aromatic rings. The van der Waals surface area contributed by atoms with Gasteiger partial charge in [-0.1, -0.05) is 35.3 Å². The number of amides is 2. The van der Waals surface area contributed by atoms with E-state index in [1.165, 1.54) is 13.1 Å². The third-order valence-electron chi connectivity index (χ3n) is 2.76. The van der Waals surface area contributed by atoms with E-state index in [9.17, 15) is 9.59 Å². The normalized spacial score (nSPS) is 10.1. The molecule has 22 heavy (non-hydrogen) atoms. The summed E-state index contributed by atoms with van der Waals surface area (Å²) in [6, 6.07) is 8.41. The smallest absolute Gasteiger partial charge is 0.230 e. The Balaban J connectivity index is 2.12. The maximum Gasteiger partial charge on any atom is 0.230 e. The van der Waals surface area contributed by atoms with Gasteiger partial charge in [0.2, 0.25) is 11.8 Å². The third-order valence-corrected chi connectivity index (χ3v) is 3.62. The molecule has 0 saturated carbocycles. The molecule has 1 aromatic carbocycles. The number of benzene rings is 1. The van der Waals surface area contributed by atoms with Gasteiger partial charge in [0.1, 0.15) is 0 Å². The minimum Gasteiger partial charge on any atom is -0.323 e. The number of aromatic nitrogens is 1. The number of carbonyl (C=O) groups excluding carboxylic acids is 2. The summed E-state index contributed by atoms with van der Waals surface area (Å²) in [4.78, 5) is 27.3. The lowest BCUT2D eigenvalue weighted by molar-refractivity contribution is -0.116. The molecule has 1 aromatic heterocycles. The van der Waals surface area contributed by atoms with Crippen molar-refractivity contribution in [3.05, 3.63) is 52.1 Å². The van der Waals surface area contributed by atoms with Gasteiger partial charge in [-0.25, -0.2) is 4.98 Å². The van der Waals surface area contributed by atoms with Gasteiger partial charge in [0.15, 0.2) is 5.82 Å². The van der Waals surface area contributed by atoms with E-state index in [2.05, 4.69) is 15.6 Å². The zero-order valence-electron chi connectivity index (χ0n) is 11.7. The second-order valence-electron chi connectivity index (χ2n) is 4.52. The first kappa shape index (κ1) is 16.3. The van der Waals surface area contributed by atoms with Crippen molar-refractivity contribution in [2.75, 3.05) is 10.6 Å². The minimum atomic E-state index is -0.311. The van der Waals surface area contributed by atoms with Crippen LogP contribution in [0.25, 0.3) is 0 Å². The van der Waals surface area contributed by atoms with Crippen LogP contribution in [0.1, 0.15) is 12.5 Å². The maximum absolute atomic E-state index is 12.1. The van der Waals surface area contributed by atoms with E-state index in [-0.39, 0.29) is 24.1 Å². The average Bonchev–Trinajstić information content (AvgIpc) is 2.45. The number of nitrogens with one attached hydrogen (secondary N) is 2. The Morgan fingerprint density at radius 2 is 1.91 bits per heavy atom. The molecule has 2 N–H and O–H groups in total. The Hall–Kier alpha value is -2.11. The molecule has 0 unspecified atom stereocenters. The van der Waals surface area contributed by atoms with Crippen molar-refractivity contribution >= 4 is 46.5 Å². The van der Waals surface area contributed by atoms with E-state index in [4.69, 9.17) is 23.2 Å². The molecular weight excluding hydrogens is 325 g/mol. The number of hydrogen-bond acceptors (Lipinski definition) is 3. The van der Waals surface area contributed by atoms with Crippen LogP contribution in [-0.2, 0) is 16.0 Å². The van der Waals surface area contributed by atoms with Crippen molar-refractivity contribution in [1.82, 2.24) is 4.98 Å². The Morgan fingerprint density at radius 1 is 1.14 bits per heavy atom. The van der Waals surface area contributed by atoms with E-state index in [0.717, 1.165) is 0 Å². The number of nitrogens with zero attached hydrogens (tertiary/aromatic N) is 1. The van der Waals surface area contributed by atoms with E-state index in [0.29, 0.717) is 21.3 Å². The molecule has 2 rings (SSSR count). The summed E-state index contributed by atoms with van der Waals surface area (Å²) in [6.45, 7) is 1.38. The highest BCUT2D eigenvalue weighted by Gasteiger charge is 2.12. The first-order chi connectivity index (χ1) is 10.5. The van der Waals surface area contributed by atoms with Crippen molar-refractivity contribution < 1.29 is 9.59 Å². The summed E-state index contributed by atoms with van der Waals surface area (Å²) in [5, 5.41) is 5.99. The van der Waals surface area contributed by atoms with Crippen LogP contribution in [0.2, 0.25) is 10.0 Å². The highest BCUT2D eigenvalue weighted by molar-refractivity contribution is 6.42. The van der Waals surface area contributed by atoms with Gasteiger partial charge in [0.25, 0.3) is 0 Å². The topological polar surface area (TPSA) is 71.1 Å². The zero-order chi connectivity index (χ0) is 16.1. The molecule has 2 amide bonds. The van der Waals surface area contributed by atoms with E-state index in [1.807, 2.05) is 0 Å². The summed E-state index contributed by atoms with van der Waals surface area (Å²) >= 11 is 12.0. The predicted octanol–water partition coefficient (Wildman–Crippen LogP) is 3.53. The quantitative estimate of drug-likeness (QED) is 0.896. The number of anilines is 2. The molecule has 7 heteroatoms. The molecular formula is C15H13Cl2N3O2. The van der Waals surface area contributed by atoms with Gasteiger partial charge in [0.05, 0.1) is 22.2 Å². The Kier molecular flexibility index (Phi) is 5.35.